The third-order valence-corrected chi connectivity index (χ3v) is 3.42. The van der Waals surface area contributed by atoms with E-state index >= 15 is 0 Å². The zero-order chi connectivity index (χ0) is 16.3. The molecule has 6 nitrogen and oxygen atoms in total. The van der Waals surface area contributed by atoms with Crippen molar-refractivity contribution in [3.05, 3.63) is 41.2 Å². The highest BCUT2D eigenvalue weighted by atomic mass is 16.2. The molecular weight excluding hydrogens is 278 g/mol. The molecule has 1 heterocycles. The van der Waals surface area contributed by atoms with Gasteiger partial charge in [-0.2, -0.15) is 5.26 Å². The van der Waals surface area contributed by atoms with Gasteiger partial charge in [0.15, 0.2) is 5.69 Å². The van der Waals surface area contributed by atoms with Crippen LogP contribution in [0.25, 0.3) is 0 Å². The SMILES string of the molecule is Cc1c(C#N)nnn1CC(=O)Nc1ccc(C(C)(C)C)cc1. The third kappa shape index (κ3) is 3.50. The third-order valence-electron chi connectivity index (χ3n) is 3.42. The maximum Gasteiger partial charge on any atom is 0.246 e. The Balaban J connectivity index is 2.03. The van der Waals surface area contributed by atoms with E-state index in [1.807, 2.05) is 30.3 Å². The Kier molecular flexibility index (Phi) is 4.27. The highest BCUT2D eigenvalue weighted by Gasteiger charge is 2.14. The van der Waals surface area contributed by atoms with Crippen molar-refractivity contribution >= 4 is 11.6 Å². The highest BCUT2D eigenvalue weighted by Crippen LogP contribution is 2.23. The van der Waals surface area contributed by atoms with Crippen LogP contribution in [0.3, 0.4) is 0 Å². The number of rotatable bonds is 3. The molecule has 0 bridgehead atoms. The molecular formula is C16H19N5O. The fourth-order valence-corrected chi connectivity index (χ4v) is 2.00. The molecule has 22 heavy (non-hydrogen) atoms. The molecule has 0 atom stereocenters. The number of nitrogens with one attached hydrogen (secondary N) is 1. The van der Waals surface area contributed by atoms with Crippen molar-refractivity contribution in [2.45, 2.75) is 39.7 Å². The van der Waals surface area contributed by atoms with Crippen LogP contribution in [0, 0.1) is 18.3 Å². The summed E-state index contributed by atoms with van der Waals surface area (Å²) in [5.41, 5.74) is 2.84. The van der Waals surface area contributed by atoms with Crippen LogP contribution >= 0.6 is 0 Å². The molecule has 114 valence electrons. The molecule has 0 aliphatic rings. The first-order valence-electron chi connectivity index (χ1n) is 7.02. The zero-order valence-electron chi connectivity index (χ0n) is 13.2. The Bertz CT molecular complexity index is 716. The highest BCUT2D eigenvalue weighted by molar-refractivity contribution is 5.90. The van der Waals surface area contributed by atoms with Crippen LogP contribution in [-0.2, 0) is 16.8 Å². The van der Waals surface area contributed by atoms with Crippen molar-refractivity contribution in [1.82, 2.24) is 15.0 Å². The molecule has 1 aromatic carbocycles. The largest absolute Gasteiger partial charge is 0.324 e. The molecule has 2 rings (SSSR count). The first kappa shape index (κ1) is 15.7. The number of anilines is 1. The maximum atomic E-state index is 12.0. The van der Waals surface area contributed by atoms with E-state index in [1.165, 1.54) is 10.2 Å². The van der Waals surface area contributed by atoms with E-state index in [0.29, 0.717) is 5.69 Å². The average Bonchev–Trinajstić information content (AvgIpc) is 2.79. The first-order chi connectivity index (χ1) is 10.3. The van der Waals surface area contributed by atoms with Gasteiger partial charge in [0.2, 0.25) is 5.91 Å². The van der Waals surface area contributed by atoms with Gasteiger partial charge in [0.1, 0.15) is 12.6 Å². The lowest BCUT2D eigenvalue weighted by Gasteiger charge is -2.19. The summed E-state index contributed by atoms with van der Waals surface area (Å²) in [6, 6.07) is 9.71. The fourth-order valence-electron chi connectivity index (χ4n) is 2.00. The number of benzene rings is 1. The monoisotopic (exact) mass is 297 g/mol. The van der Waals surface area contributed by atoms with E-state index in [4.69, 9.17) is 5.26 Å². The molecule has 0 aliphatic heterocycles. The van der Waals surface area contributed by atoms with Gasteiger partial charge >= 0.3 is 0 Å². The molecule has 0 saturated heterocycles. The number of hydrogen-bond donors (Lipinski definition) is 1. The quantitative estimate of drug-likeness (QED) is 0.942. The average molecular weight is 297 g/mol. The molecule has 0 saturated carbocycles. The minimum Gasteiger partial charge on any atom is -0.324 e. The van der Waals surface area contributed by atoms with Crippen LogP contribution in [0.2, 0.25) is 0 Å². The summed E-state index contributed by atoms with van der Waals surface area (Å²) < 4.78 is 1.41. The molecule has 1 aromatic heterocycles. The number of aromatic nitrogens is 3. The summed E-state index contributed by atoms with van der Waals surface area (Å²) in [6.45, 7) is 8.16. The summed E-state index contributed by atoms with van der Waals surface area (Å²) in [7, 11) is 0. The van der Waals surface area contributed by atoms with E-state index in [2.05, 4.69) is 36.4 Å². The number of carbonyl (C=O) groups is 1. The number of hydrogen-bond acceptors (Lipinski definition) is 4. The van der Waals surface area contributed by atoms with Crippen molar-refractivity contribution in [2.75, 3.05) is 5.32 Å². The standard InChI is InChI=1S/C16H19N5O/c1-11-14(9-17)19-20-21(11)10-15(22)18-13-7-5-12(6-8-13)16(2,3)4/h5-8H,10H2,1-4H3,(H,18,22). The van der Waals surface area contributed by atoms with Crippen molar-refractivity contribution in [1.29, 1.82) is 5.26 Å². The molecule has 6 heteroatoms. The van der Waals surface area contributed by atoms with E-state index in [1.54, 1.807) is 6.92 Å². The summed E-state index contributed by atoms with van der Waals surface area (Å²) >= 11 is 0. The van der Waals surface area contributed by atoms with Gasteiger partial charge in [-0.1, -0.05) is 38.1 Å². The summed E-state index contributed by atoms with van der Waals surface area (Å²) in [6.07, 6.45) is 0. The van der Waals surface area contributed by atoms with Crippen molar-refractivity contribution in [3.8, 4) is 6.07 Å². The predicted octanol–water partition coefficient (Wildman–Crippen LogP) is 2.39. The lowest BCUT2D eigenvalue weighted by molar-refractivity contribution is -0.117. The van der Waals surface area contributed by atoms with Gasteiger partial charge in [-0.15, -0.1) is 5.10 Å². The molecule has 0 fully saturated rings. The first-order valence-corrected chi connectivity index (χ1v) is 7.02. The number of amides is 1. The molecule has 1 amide bonds. The summed E-state index contributed by atoms with van der Waals surface area (Å²) in [5.74, 6) is -0.207. The minimum absolute atomic E-state index is 0.0293. The van der Waals surface area contributed by atoms with Crippen molar-refractivity contribution < 1.29 is 4.79 Å². The van der Waals surface area contributed by atoms with Crippen LogP contribution in [0.15, 0.2) is 24.3 Å². The maximum absolute atomic E-state index is 12.0. The molecule has 0 aliphatic carbocycles. The van der Waals surface area contributed by atoms with Crippen LogP contribution in [0.5, 0.6) is 0 Å². The lowest BCUT2D eigenvalue weighted by Crippen LogP contribution is -2.20. The Morgan fingerprint density at radius 2 is 1.95 bits per heavy atom. The van der Waals surface area contributed by atoms with Gasteiger partial charge in [-0.25, -0.2) is 4.68 Å². The summed E-state index contributed by atoms with van der Waals surface area (Å²) in [4.78, 5) is 12.0. The molecule has 1 N–H and O–H groups in total. The predicted molar refractivity (Wildman–Crippen MR) is 83.2 cm³/mol. The van der Waals surface area contributed by atoms with Gasteiger partial charge in [0, 0.05) is 5.69 Å². The van der Waals surface area contributed by atoms with Gasteiger partial charge < -0.3 is 5.32 Å². The summed E-state index contributed by atoms with van der Waals surface area (Å²) in [5, 5.41) is 19.1. The fraction of sp³-hybridized carbons (Fsp3) is 0.375. The zero-order valence-corrected chi connectivity index (χ0v) is 13.2. The van der Waals surface area contributed by atoms with Gasteiger partial charge in [-0.3, -0.25) is 4.79 Å². The second-order valence-electron chi connectivity index (χ2n) is 6.17. The normalized spacial score (nSPS) is 11.0. The minimum atomic E-state index is -0.207. The van der Waals surface area contributed by atoms with E-state index < -0.39 is 0 Å². The van der Waals surface area contributed by atoms with Crippen LogP contribution in [0.1, 0.15) is 37.7 Å². The van der Waals surface area contributed by atoms with E-state index in [-0.39, 0.29) is 23.6 Å². The van der Waals surface area contributed by atoms with Gasteiger partial charge in [0.25, 0.3) is 0 Å². The Hall–Kier alpha value is -2.68. The number of nitriles is 1. The molecule has 2 aromatic rings. The Morgan fingerprint density at radius 1 is 1.32 bits per heavy atom. The number of nitrogens with zero attached hydrogens (tertiary/aromatic N) is 4. The molecule has 0 radical (unpaired) electrons. The van der Waals surface area contributed by atoms with Gasteiger partial charge in [-0.05, 0) is 30.0 Å². The van der Waals surface area contributed by atoms with Crippen molar-refractivity contribution in [3.63, 3.8) is 0 Å². The van der Waals surface area contributed by atoms with Crippen LogP contribution in [0.4, 0.5) is 5.69 Å². The van der Waals surface area contributed by atoms with Crippen LogP contribution < -0.4 is 5.32 Å². The Morgan fingerprint density at radius 3 is 2.45 bits per heavy atom. The second-order valence-corrected chi connectivity index (χ2v) is 6.17. The second kappa shape index (κ2) is 5.98. The van der Waals surface area contributed by atoms with E-state index in [9.17, 15) is 4.79 Å². The Labute approximate surface area is 129 Å². The molecule has 0 unspecified atom stereocenters. The topological polar surface area (TPSA) is 83.6 Å². The lowest BCUT2D eigenvalue weighted by atomic mass is 9.87. The van der Waals surface area contributed by atoms with Crippen molar-refractivity contribution in [2.24, 2.45) is 0 Å². The molecule has 0 spiro atoms. The number of carbonyl (C=O) groups excluding carboxylic acids is 1. The van der Waals surface area contributed by atoms with E-state index in [0.717, 1.165) is 5.69 Å². The smallest absolute Gasteiger partial charge is 0.246 e. The van der Waals surface area contributed by atoms with Crippen LogP contribution in [-0.4, -0.2) is 20.9 Å². The van der Waals surface area contributed by atoms with Gasteiger partial charge in [0.05, 0.1) is 5.69 Å².